The summed E-state index contributed by atoms with van der Waals surface area (Å²) in [4.78, 5) is 36.0. The van der Waals surface area contributed by atoms with Gasteiger partial charge >= 0.3 is 17.9 Å². The highest BCUT2D eigenvalue weighted by Gasteiger charge is 2.13. The molecule has 0 amide bonds. The van der Waals surface area contributed by atoms with Crippen LogP contribution in [0.5, 0.6) is 11.5 Å². The van der Waals surface area contributed by atoms with Crippen molar-refractivity contribution in [1.29, 1.82) is 0 Å². The number of carbonyl (C=O) groups is 3. The molecule has 3 aromatic rings. The highest BCUT2D eigenvalue weighted by Crippen LogP contribution is 2.27. The van der Waals surface area contributed by atoms with Gasteiger partial charge in [-0.1, -0.05) is 88.0 Å². The lowest BCUT2D eigenvalue weighted by Crippen LogP contribution is -2.16. The number of unbranched alkanes of at least 4 members (excludes halogenated alkanes) is 3. The Balaban J connectivity index is 1.43. The molecule has 0 radical (unpaired) electrons. The second-order valence-electron chi connectivity index (χ2n) is 10.5. The van der Waals surface area contributed by atoms with Crippen LogP contribution < -0.4 is 9.47 Å². The predicted octanol–water partition coefficient (Wildman–Crippen LogP) is 7.96. The van der Waals surface area contributed by atoms with Crippen molar-refractivity contribution in [2.75, 3.05) is 33.0 Å². The minimum absolute atomic E-state index is 0.176. The quantitative estimate of drug-likeness (QED) is 0.0600. The average molecular weight is 637 g/mol. The molecule has 9 heteroatoms. The molecule has 240 valence electrons. The Morgan fingerprint density at radius 1 is 0.778 bits per heavy atom. The number of benzene rings is 3. The molecular formula is C36H41ClO8. The molecule has 0 atom stereocenters. The Morgan fingerprint density at radius 2 is 1.47 bits per heavy atom. The van der Waals surface area contributed by atoms with Crippen molar-refractivity contribution in [3.8, 4) is 22.6 Å². The van der Waals surface area contributed by atoms with E-state index in [1.165, 1.54) is 12.1 Å². The Labute approximate surface area is 270 Å². The number of hydrogen-bond acceptors (Lipinski definition) is 8. The maximum absolute atomic E-state index is 12.7. The summed E-state index contributed by atoms with van der Waals surface area (Å²) in [5.74, 6) is -0.529. The van der Waals surface area contributed by atoms with Crippen LogP contribution >= 0.6 is 11.6 Å². The maximum Gasteiger partial charge on any atom is 0.343 e. The van der Waals surface area contributed by atoms with E-state index in [-0.39, 0.29) is 54.9 Å². The molecule has 0 saturated carbocycles. The Kier molecular flexibility index (Phi) is 15.1. The van der Waals surface area contributed by atoms with Crippen molar-refractivity contribution in [2.45, 2.75) is 46.5 Å². The molecule has 0 N–H and O–H groups in total. The van der Waals surface area contributed by atoms with Gasteiger partial charge in [-0.2, -0.15) is 0 Å². The van der Waals surface area contributed by atoms with Gasteiger partial charge in [-0.3, -0.25) is 4.79 Å². The molecule has 0 heterocycles. The summed E-state index contributed by atoms with van der Waals surface area (Å²) in [5, 5.41) is 0.267. The van der Waals surface area contributed by atoms with Crippen LogP contribution in [-0.2, 0) is 23.8 Å². The van der Waals surface area contributed by atoms with E-state index in [1.54, 1.807) is 44.2 Å². The van der Waals surface area contributed by atoms with Gasteiger partial charge in [-0.15, -0.1) is 0 Å². The molecule has 0 aromatic heterocycles. The summed E-state index contributed by atoms with van der Waals surface area (Å²) in [6.07, 6.45) is 7.42. The largest absolute Gasteiger partial charge is 0.490 e. The molecule has 0 aliphatic heterocycles. The van der Waals surface area contributed by atoms with Crippen molar-refractivity contribution in [1.82, 2.24) is 0 Å². The van der Waals surface area contributed by atoms with Gasteiger partial charge in [0.05, 0.1) is 36.3 Å². The number of ether oxygens (including phenoxy) is 5. The molecule has 3 aromatic carbocycles. The molecule has 0 aliphatic rings. The summed E-state index contributed by atoms with van der Waals surface area (Å²) in [7, 11) is 0. The first kappa shape index (κ1) is 35.3. The zero-order chi connectivity index (χ0) is 32.4. The number of hydrogen-bond donors (Lipinski definition) is 0. The first-order valence-corrected chi connectivity index (χ1v) is 15.6. The number of halogens is 1. The Hall–Kier alpha value is -4.14. The monoisotopic (exact) mass is 636 g/mol. The standard InChI is InChI=1S/C36H41ClO8/c1-4-5-6-7-20-43-34(38)19-10-27-8-11-28(12-9-27)29-13-16-31(17-14-29)45-36(40)30-15-18-33(32(37)25-30)42-23-21-41-22-24-44-35(39)26(2)3/h8-19,25-26H,4-7,20-24H2,1-3H3/b19-10+. The molecule has 0 spiro atoms. The summed E-state index contributed by atoms with van der Waals surface area (Å²) in [6, 6.07) is 19.6. The van der Waals surface area contributed by atoms with Crippen molar-refractivity contribution in [3.05, 3.63) is 89.0 Å². The average Bonchev–Trinajstić information content (AvgIpc) is 3.04. The molecule has 0 aliphatic carbocycles. The van der Waals surface area contributed by atoms with E-state index in [0.717, 1.165) is 42.4 Å². The summed E-state index contributed by atoms with van der Waals surface area (Å²) < 4.78 is 26.8. The van der Waals surface area contributed by atoms with E-state index < -0.39 is 5.97 Å². The molecule has 0 unspecified atom stereocenters. The summed E-state index contributed by atoms with van der Waals surface area (Å²) in [5.41, 5.74) is 3.09. The molecule has 0 saturated heterocycles. The lowest BCUT2D eigenvalue weighted by atomic mass is 10.0. The predicted molar refractivity (Wildman–Crippen MR) is 175 cm³/mol. The van der Waals surface area contributed by atoms with Crippen LogP contribution in [0.3, 0.4) is 0 Å². The molecule has 0 fully saturated rings. The van der Waals surface area contributed by atoms with Gasteiger partial charge in [0.2, 0.25) is 0 Å². The van der Waals surface area contributed by atoms with E-state index in [9.17, 15) is 14.4 Å². The van der Waals surface area contributed by atoms with Crippen molar-refractivity contribution in [2.24, 2.45) is 5.92 Å². The number of esters is 3. The smallest absolute Gasteiger partial charge is 0.343 e. The maximum atomic E-state index is 12.7. The Morgan fingerprint density at radius 3 is 2.13 bits per heavy atom. The third kappa shape index (κ3) is 12.8. The lowest BCUT2D eigenvalue weighted by Gasteiger charge is -2.11. The SMILES string of the molecule is CCCCCCOC(=O)/C=C/c1ccc(-c2ccc(OC(=O)c3ccc(OCCOCCOC(=O)C(C)C)c(Cl)c3)cc2)cc1. The fraction of sp³-hybridized carbons (Fsp3) is 0.361. The van der Waals surface area contributed by atoms with E-state index in [4.69, 9.17) is 35.3 Å². The van der Waals surface area contributed by atoms with Crippen LogP contribution in [0.15, 0.2) is 72.8 Å². The van der Waals surface area contributed by atoms with E-state index >= 15 is 0 Å². The van der Waals surface area contributed by atoms with E-state index in [1.807, 2.05) is 36.4 Å². The normalized spacial score (nSPS) is 11.0. The van der Waals surface area contributed by atoms with Crippen LogP contribution in [0.4, 0.5) is 0 Å². The van der Waals surface area contributed by atoms with Gasteiger partial charge in [0, 0.05) is 6.08 Å². The van der Waals surface area contributed by atoms with Gasteiger partial charge in [0.15, 0.2) is 0 Å². The van der Waals surface area contributed by atoms with Gasteiger partial charge in [0.25, 0.3) is 0 Å². The molecule has 45 heavy (non-hydrogen) atoms. The second-order valence-corrected chi connectivity index (χ2v) is 10.9. The van der Waals surface area contributed by atoms with Gasteiger partial charge in [-0.25, -0.2) is 9.59 Å². The summed E-state index contributed by atoms with van der Waals surface area (Å²) in [6.45, 7) is 7.10. The molecule has 0 bridgehead atoms. The number of rotatable bonds is 18. The zero-order valence-corrected chi connectivity index (χ0v) is 26.8. The van der Waals surface area contributed by atoms with Gasteiger partial charge < -0.3 is 23.7 Å². The van der Waals surface area contributed by atoms with Crippen LogP contribution in [0.2, 0.25) is 5.02 Å². The van der Waals surface area contributed by atoms with Crippen molar-refractivity contribution < 1.29 is 38.1 Å². The minimum atomic E-state index is -0.550. The topological polar surface area (TPSA) is 97.4 Å². The third-order valence-electron chi connectivity index (χ3n) is 6.56. The fourth-order valence-electron chi connectivity index (χ4n) is 4.01. The van der Waals surface area contributed by atoms with E-state index in [2.05, 4.69) is 6.92 Å². The number of carbonyl (C=O) groups excluding carboxylic acids is 3. The fourth-order valence-corrected chi connectivity index (χ4v) is 4.24. The van der Waals surface area contributed by atoms with E-state index in [0.29, 0.717) is 18.1 Å². The van der Waals surface area contributed by atoms with Crippen LogP contribution in [-0.4, -0.2) is 50.9 Å². The molecule has 8 nitrogen and oxygen atoms in total. The highest BCUT2D eigenvalue weighted by atomic mass is 35.5. The third-order valence-corrected chi connectivity index (χ3v) is 6.85. The van der Waals surface area contributed by atoms with Crippen LogP contribution in [0.25, 0.3) is 17.2 Å². The molecule has 3 rings (SSSR count). The van der Waals surface area contributed by atoms with Crippen LogP contribution in [0.1, 0.15) is 62.4 Å². The van der Waals surface area contributed by atoms with Gasteiger partial charge in [0.1, 0.15) is 24.7 Å². The second kappa shape index (κ2) is 19.3. The zero-order valence-electron chi connectivity index (χ0n) is 26.1. The molecular weight excluding hydrogens is 596 g/mol. The van der Waals surface area contributed by atoms with Crippen molar-refractivity contribution in [3.63, 3.8) is 0 Å². The highest BCUT2D eigenvalue weighted by molar-refractivity contribution is 6.32. The first-order valence-electron chi connectivity index (χ1n) is 15.2. The first-order chi connectivity index (χ1) is 21.8. The van der Waals surface area contributed by atoms with Crippen molar-refractivity contribution >= 4 is 35.6 Å². The summed E-state index contributed by atoms with van der Waals surface area (Å²) >= 11 is 6.32. The minimum Gasteiger partial charge on any atom is -0.490 e. The lowest BCUT2D eigenvalue weighted by molar-refractivity contribution is -0.149. The van der Waals surface area contributed by atoms with Gasteiger partial charge in [-0.05, 0) is 59.5 Å². The Bertz CT molecular complexity index is 1400. The van der Waals surface area contributed by atoms with Crippen LogP contribution in [0, 0.1) is 5.92 Å².